The average molecular weight is 523 g/mol. The molecule has 2 heterocycles. The van der Waals surface area contributed by atoms with Gasteiger partial charge in [0.15, 0.2) is 11.6 Å². The van der Waals surface area contributed by atoms with Crippen LogP contribution in [0, 0.1) is 28.7 Å². The quantitative estimate of drug-likeness (QED) is 0.251. The summed E-state index contributed by atoms with van der Waals surface area (Å²) >= 11 is 0. The molecule has 0 bridgehead atoms. The van der Waals surface area contributed by atoms with Crippen LogP contribution in [-0.2, 0) is 6.42 Å². The van der Waals surface area contributed by atoms with Crippen LogP contribution in [0.2, 0.25) is 0 Å². The lowest BCUT2D eigenvalue weighted by atomic mass is 9.74. The molecule has 1 aliphatic rings. The molecular formula is C28H31F5N2O2. The van der Waals surface area contributed by atoms with Crippen LogP contribution >= 0.6 is 0 Å². The molecule has 0 unspecified atom stereocenters. The topological polar surface area (TPSA) is 45.6 Å². The number of aliphatic hydroxyl groups is 1. The molecule has 0 saturated carbocycles. The van der Waals surface area contributed by atoms with Crippen molar-refractivity contribution >= 4 is 10.9 Å². The van der Waals surface area contributed by atoms with Crippen molar-refractivity contribution in [3.8, 4) is 5.75 Å². The van der Waals surface area contributed by atoms with E-state index in [9.17, 15) is 22.7 Å². The van der Waals surface area contributed by atoms with E-state index in [0.29, 0.717) is 68.0 Å². The lowest BCUT2D eigenvalue weighted by molar-refractivity contribution is 0.0298. The molecule has 4 nitrogen and oxygen atoms in total. The number of halogens is 5. The first kappa shape index (κ1) is 27.3. The minimum absolute atomic E-state index is 0.0155. The highest BCUT2D eigenvalue weighted by molar-refractivity contribution is 5.84. The molecule has 1 fully saturated rings. The zero-order valence-corrected chi connectivity index (χ0v) is 20.8. The molecule has 1 atom stereocenters. The Labute approximate surface area is 213 Å². The zero-order valence-electron chi connectivity index (χ0n) is 20.8. The number of aryl methyl sites for hydroxylation is 1. The Balaban J connectivity index is 1.33. The number of fused-ring (bicyclic) bond motifs is 1. The zero-order chi connectivity index (χ0) is 26.6. The molecule has 1 aromatic heterocycles. The summed E-state index contributed by atoms with van der Waals surface area (Å²) in [6, 6.07) is 6.48. The molecule has 200 valence electrons. The molecule has 0 spiro atoms. The molecule has 9 heteroatoms. The second-order valence-electron chi connectivity index (χ2n) is 9.87. The van der Waals surface area contributed by atoms with Gasteiger partial charge in [-0.1, -0.05) is 0 Å². The van der Waals surface area contributed by atoms with Gasteiger partial charge < -0.3 is 14.7 Å². The fourth-order valence-electron chi connectivity index (χ4n) is 5.21. The average Bonchev–Trinajstić information content (AvgIpc) is 2.90. The van der Waals surface area contributed by atoms with E-state index < -0.39 is 34.9 Å². The highest BCUT2D eigenvalue weighted by Crippen LogP contribution is 2.40. The number of aliphatic hydroxyl groups excluding tert-OH is 1. The maximum Gasteiger partial charge on any atom is 0.162 e. The van der Waals surface area contributed by atoms with Crippen LogP contribution in [0.15, 0.2) is 36.5 Å². The number of likely N-dealkylation sites (tertiary alicyclic amines) is 1. The molecule has 1 N–H and O–H groups in total. The number of nitrogens with zero attached hydrogens (tertiary/aromatic N) is 2. The highest BCUT2D eigenvalue weighted by atomic mass is 19.2. The van der Waals surface area contributed by atoms with E-state index in [2.05, 4.69) is 9.88 Å². The van der Waals surface area contributed by atoms with Crippen LogP contribution in [0.1, 0.15) is 49.4 Å². The first-order valence-electron chi connectivity index (χ1n) is 12.5. The van der Waals surface area contributed by atoms with E-state index in [4.69, 9.17) is 4.74 Å². The van der Waals surface area contributed by atoms with Gasteiger partial charge in [-0.25, -0.2) is 22.0 Å². The number of hydrogen-bond donors (Lipinski definition) is 1. The van der Waals surface area contributed by atoms with Crippen molar-refractivity contribution in [1.82, 2.24) is 9.88 Å². The monoisotopic (exact) mass is 522 g/mol. The predicted octanol–water partition coefficient (Wildman–Crippen LogP) is 6.30. The van der Waals surface area contributed by atoms with Crippen molar-refractivity contribution in [2.75, 3.05) is 33.4 Å². The Morgan fingerprint density at radius 1 is 1.08 bits per heavy atom. The van der Waals surface area contributed by atoms with Crippen molar-refractivity contribution in [3.63, 3.8) is 0 Å². The smallest absolute Gasteiger partial charge is 0.162 e. The normalized spacial score (nSPS) is 16.7. The third kappa shape index (κ3) is 6.21. The maximum absolute atomic E-state index is 15.4. The summed E-state index contributed by atoms with van der Waals surface area (Å²) in [7, 11) is 1.48. The number of alkyl halides is 1. The van der Waals surface area contributed by atoms with Crippen LogP contribution in [-0.4, -0.2) is 48.3 Å². The fraction of sp³-hybridized carbons (Fsp3) is 0.464. The van der Waals surface area contributed by atoms with E-state index >= 15 is 4.39 Å². The van der Waals surface area contributed by atoms with E-state index in [-0.39, 0.29) is 30.6 Å². The number of pyridine rings is 1. The number of hydrogen-bond acceptors (Lipinski definition) is 4. The minimum Gasteiger partial charge on any atom is -0.497 e. The summed E-state index contributed by atoms with van der Waals surface area (Å²) in [5.74, 6) is -3.24. The van der Waals surface area contributed by atoms with E-state index in [1.165, 1.54) is 7.11 Å². The summed E-state index contributed by atoms with van der Waals surface area (Å²) in [4.78, 5) is 6.19. The largest absolute Gasteiger partial charge is 0.497 e. The Hall–Kier alpha value is -2.78. The molecule has 0 amide bonds. The van der Waals surface area contributed by atoms with Gasteiger partial charge in [0.2, 0.25) is 0 Å². The molecule has 4 rings (SSSR count). The van der Waals surface area contributed by atoms with Gasteiger partial charge in [-0.3, -0.25) is 4.98 Å². The first-order valence-corrected chi connectivity index (χ1v) is 12.5. The van der Waals surface area contributed by atoms with Gasteiger partial charge in [-0.2, -0.15) is 0 Å². The van der Waals surface area contributed by atoms with E-state index in [1.807, 2.05) is 0 Å². The first-order chi connectivity index (χ1) is 17.7. The second kappa shape index (κ2) is 11.7. The van der Waals surface area contributed by atoms with Crippen LogP contribution in [0.5, 0.6) is 5.75 Å². The summed E-state index contributed by atoms with van der Waals surface area (Å²) in [5.41, 5.74) is -0.0293. The Morgan fingerprint density at radius 3 is 2.54 bits per heavy atom. The number of methoxy groups -OCH3 is 1. The van der Waals surface area contributed by atoms with Gasteiger partial charge in [-0.15, -0.1) is 0 Å². The molecule has 1 saturated heterocycles. The van der Waals surface area contributed by atoms with Crippen molar-refractivity contribution < 1.29 is 31.8 Å². The van der Waals surface area contributed by atoms with Gasteiger partial charge in [0.1, 0.15) is 23.6 Å². The molecule has 0 radical (unpaired) electrons. The van der Waals surface area contributed by atoms with Crippen LogP contribution in [0.4, 0.5) is 22.0 Å². The maximum atomic E-state index is 15.4. The fourth-order valence-corrected chi connectivity index (χ4v) is 5.21. The number of piperidine rings is 1. The molecule has 37 heavy (non-hydrogen) atoms. The molecule has 2 aromatic carbocycles. The summed E-state index contributed by atoms with van der Waals surface area (Å²) in [6.45, 7) is 1.82. The Bertz CT molecular complexity index is 1230. The number of ether oxygens (including phenoxy) is 1. The van der Waals surface area contributed by atoms with Gasteiger partial charge in [0.05, 0.1) is 18.8 Å². The Kier molecular flexibility index (Phi) is 8.64. The number of aromatic nitrogens is 1. The minimum atomic E-state index is -1.57. The van der Waals surface area contributed by atoms with Crippen LogP contribution < -0.4 is 4.74 Å². The Morgan fingerprint density at radius 2 is 1.84 bits per heavy atom. The molecule has 1 aliphatic heterocycles. The second-order valence-corrected chi connectivity index (χ2v) is 9.87. The van der Waals surface area contributed by atoms with Crippen molar-refractivity contribution in [2.45, 2.75) is 44.7 Å². The lowest BCUT2D eigenvalue weighted by Crippen LogP contribution is -2.42. The van der Waals surface area contributed by atoms with Crippen LogP contribution in [0.25, 0.3) is 10.9 Å². The predicted molar refractivity (Wildman–Crippen MR) is 131 cm³/mol. The third-order valence-corrected chi connectivity index (χ3v) is 7.55. The van der Waals surface area contributed by atoms with Crippen molar-refractivity contribution in [2.24, 2.45) is 5.41 Å². The number of benzene rings is 2. The van der Waals surface area contributed by atoms with Gasteiger partial charge >= 0.3 is 0 Å². The summed E-state index contributed by atoms with van der Waals surface area (Å²) in [5, 5.41) is 10.5. The highest BCUT2D eigenvalue weighted by Gasteiger charge is 2.35. The summed E-state index contributed by atoms with van der Waals surface area (Å²) in [6.07, 6.45) is 1.90. The molecule has 0 aliphatic carbocycles. The van der Waals surface area contributed by atoms with Gasteiger partial charge in [0.25, 0.3) is 0 Å². The summed E-state index contributed by atoms with van der Waals surface area (Å²) < 4.78 is 75.9. The molecule has 3 aromatic rings. The van der Waals surface area contributed by atoms with Gasteiger partial charge in [-0.05, 0) is 93.4 Å². The standard InChI is InChI=1S/C28H31F5N2O2/c1-37-20-4-5-25-21(15-20)26(24(32)16-34-25)22(30)6-7-28(17-36)8-11-35(12-9-28)10-2-3-18-13-19(29)14-23(31)27(18)33/h4-5,13-16,22,36H,2-3,6-12,17H2,1H3/t22-/m1/s1. The number of rotatable bonds is 10. The van der Waals surface area contributed by atoms with E-state index in [1.54, 1.807) is 18.2 Å². The van der Waals surface area contributed by atoms with Crippen LogP contribution in [0.3, 0.4) is 0 Å². The third-order valence-electron chi connectivity index (χ3n) is 7.55. The SMILES string of the molecule is COc1ccc2ncc(F)c([C@H](F)CCC3(CO)CCN(CCCc4cc(F)cc(F)c4F)CC3)c2c1. The molecular weight excluding hydrogens is 491 g/mol. The van der Waals surface area contributed by atoms with E-state index in [0.717, 1.165) is 12.3 Å². The van der Waals surface area contributed by atoms with Crippen molar-refractivity contribution in [3.05, 3.63) is 70.9 Å². The van der Waals surface area contributed by atoms with Crippen molar-refractivity contribution in [1.29, 1.82) is 0 Å². The lowest BCUT2D eigenvalue weighted by Gasteiger charge is -2.41. The van der Waals surface area contributed by atoms with Gasteiger partial charge in [0, 0.05) is 23.6 Å².